The maximum absolute atomic E-state index is 4.84. The quantitative estimate of drug-likeness (QED) is 0.602. The molecule has 0 bridgehead atoms. The monoisotopic (exact) mass is 345 g/mol. The van der Waals surface area contributed by atoms with E-state index in [1.165, 1.54) is 0 Å². The maximum Gasteiger partial charge on any atom is 0.183 e. The van der Waals surface area contributed by atoms with Crippen molar-refractivity contribution in [3.8, 4) is 17.2 Å². The van der Waals surface area contributed by atoms with Gasteiger partial charge in [-0.25, -0.2) is 14.6 Å². The smallest absolute Gasteiger partial charge is 0.183 e. The summed E-state index contributed by atoms with van der Waals surface area (Å²) in [6, 6.07) is 10.1. The van der Waals surface area contributed by atoms with Crippen molar-refractivity contribution in [2.75, 3.05) is 13.1 Å². The summed E-state index contributed by atoms with van der Waals surface area (Å²) in [7, 11) is 0. The van der Waals surface area contributed by atoms with E-state index in [1.807, 2.05) is 29.8 Å². The number of aromatic nitrogens is 6. The van der Waals surface area contributed by atoms with Gasteiger partial charge in [-0.15, -0.1) is 0 Å². The highest BCUT2D eigenvalue weighted by molar-refractivity contribution is 5.86. The maximum atomic E-state index is 4.84. The van der Waals surface area contributed by atoms with Crippen LogP contribution in [0.15, 0.2) is 42.7 Å². The van der Waals surface area contributed by atoms with Crippen molar-refractivity contribution in [2.45, 2.75) is 19.9 Å². The average Bonchev–Trinajstić information content (AvgIpc) is 3.18. The zero-order valence-corrected chi connectivity index (χ0v) is 14.6. The Kier molecular flexibility index (Phi) is 3.53. The third-order valence-corrected chi connectivity index (χ3v) is 4.70. The lowest BCUT2D eigenvalue weighted by molar-refractivity contribution is 0.646. The summed E-state index contributed by atoms with van der Waals surface area (Å²) in [5.74, 6) is 2.57. The lowest BCUT2D eigenvalue weighted by atomic mass is 10.2. The van der Waals surface area contributed by atoms with E-state index in [-0.39, 0.29) is 0 Å². The molecule has 130 valence electrons. The second kappa shape index (κ2) is 6.03. The Morgan fingerprint density at radius 2 is 2.00 bits per heavy atom. The van der Waals surface area contributed by atoms with Gasteiger partial charge in [-0.05, 0) is 19.1 Å². The van der Waals surface area contributed by atoms with Crippen molar-refractivity contribution < 1.29 is 0 Å². The minimum absolute atomic E-state index is 0.720. The van der Waals surface area contributed by atoms with Crippen LogP contribution in [0.1, 0.15) is 11.6 Å². The number of rotatable bonds is 2. The van der Waals surface area contributed by atoms with Crippen LogP contribution in [-0.2, 0) is 13.0 Å². The number of hydrogen-bond donors (Lipinski definition) is 1. The van der Waals surface area contributed by atoms with Gasteiger partial charge in [0.25, 0.3) is 0 Å². The van der Waals surface area contributed by atoms with Gasteiger partial charge in [0.05, 0.1) is 11.2 Å². The first-order valence-electron chi connectivity index (χ1n) is 8.84. The van der Waals surface area contributed by atoms with E-state index in [0.29, 0.717) is 0 Å². The Bertz CT molecular complexity index is 1060. The van der Waals surface area contributed by atoms with Crippen molar-refractivity contribution in [1.82, 2.24) is 34.6 Å². The van der Waals surface area contributed by atoms with Crippen molar-refractivity contribution in [2.24, 2.45) is 0 Å². The van der Waals surface area contributed by atoms with E-state index in [2.05, 4.69) is 43.3 Å². The molecule has 0 radical (unpaired) electrons. The van der Waals surface area contributed by atoms with Crippen LogP contribution in [0.2, 0.25) is 0 Å². The van der Waals surface area contributed by atoms with Crippen LogP contribution in [-0.4, -0.2) is 42.4 Å². The fraction of sp³-hybridized carbons (Fsp3) is 0.263. The third kappa shape index (κ3) is 2.48. The Labute approximate surface area is 150 Å². The molecule has 0 saturated heterocycles. The molecule has 7 nitrogen and oxygen atoms in total. The highest BCUT2D eigenvalue weighted by Crippen LogP contribution is 2.25. The molecule has 5 rings (SSSR count). The molecule has 4 heterocycles. The fourth-order valence-electron chi connectivity index (χ4n) is 3.49. The second-order valence-electron chi connectivity index (χ2n) is 6.48. The lowest BCUT2D eigenvalue weighted by Gasteiger charge is -2.07. The van der Waals surface area contributed by atoms with Gasteiger partial charge in [-0.3, -0.25) is 4.98 Å². The highest BCUT2D eigenvalue weighted by atomic mass is 15.4. The van der Waals surface area contributed by atoms with Gasteiger partial charge < -0.3 is 9.88 Å². The van der Waals surface area contributed by atoms with E-state index >= 15 is 0 Å². The predicted molar refractivity (Wildman–Crippen MR) is 99.2 cm³/mol. The van der Waals surface area contributed by atoms with Crippen LogP contribution >= 0.6 is 0 Å². The number of benzene rings is 1. The number of fused-ring (bicyclic) bond motifs is 2. The molecule has 0 saturated carbocycles. The summed E-state index contributed by atoms with van der Waals surface area (Å²) in [6.07, 6.45) is 4.81. The van der Waals surface area contributed by atoms with E-state index in [1.54, 1.807) is 6.20 Å². The topological polar surface area (TPSA) is 73.5 Å². The van der Waals surface area contributed by atoms with Crippen molar-refractivity contribution in [3.63, 3.8) is 0 Å². The molecule has 0 unspecified atom stereocenters. The molecule has 7 heteroatoms. The molecule has 0 spiro atoms. The Hall–Kier alpha value is -3.06. The molecule has 3 aromatic heterocycles. The van der Waals surface area contributed by atoms with E-state index < -0.39 is 0 Å². The van der Waals surface area contributed by atoms with E-state index in [9.17, 15) is 0 Å². The van der Waals surface area contributed by atoms with Crippen LogP contribution < -0.4 is 5.32 Å². The zero-order chi connectivity index (χ0) is 17.5. The Balaban J connectivity index is 1.68. The number of hydrogen-bond acceptors (Lipinski definition) is 5. The summed E-state index contributed by atoms with van der Waals surface area (Å²) < 4.78 is 4.08. The third-order valence-electron chi connectivity index (χ3n) is 4.70. The Morgan fingerprint density at radius 1 is 1.08 bits per heavy atom. The molecular weight excluding hydrogens is 326 g/mol. The van der Waals surface area contributed by atoms with Gasteiger partial charge >= 0.3 is 0 Å². The number of nitrogens with zero attached hydrogens (tertiary/aromatic N) is 6. The number of aryl methyl sites for hydroxylation is 1. The fourth-order valence-corrected chi connectivity index (χ4v) is 3.49. The molecule has 26 heavy (non-hydrogen) atoms. The molecule has 1 aromatic carbocycles. The SMILES string of the molecule is Cc1nc(-c2cn3c(n2)CCNCC3)n(-c2cccc3cccnc23)n1. The normalized spacial score (nSPS) is 14.3. The largest absolute Gasteiger partial charge is 0.333 e. The minimum atomic E-state index is 0.720. The average molecular weight is 345 g/mol. The van der Waals surface area contributed by atoms with Crippen molar-refractivity contribution in [3.05, 3.63) is 54.4 Å². The molecule has 1 aliphatic heterocycles. The molecule has 1 N–H and O–H groups in total. The van der Waals surface area contributed by atoms with Crippen LogP contribution in [0.3, 0.4) is 0 Å². The molecule has 1 aliphatic rings. The first-order chi connectivity index (χ1) is 12.8. The predicted octanol–water partition coefficient (Wildman–Crippen LogP) is 2.13. The minimum Gasteiger partial charge on any atom is -0.333 e. The van der Waals surface area contributed by atoms with Gasteiger partial charge in [0, 0.05) is 43.8 Å². The van der Waals surface area contributed by atoms with Crippen LogP contribution in [0.4, 0.5) is 0 Å². The molecule has 0 aliphatic carbocycles. The van der Waals surface area contributed by atoms with Crippen LogP contribution in [0, 0.1) is 6.92 Å². The molecule has 0 fully saturated rings. The number of imidazole rings is 1. The van der Waals surface area contributed by atoms with Gasteiger partial charge in [0.1, 0.15) is 17.3 Å². The number of pyridine rings is 1. The summed E-state index contributed by atoms with van der Waals surface area (Å²) in [5, 5.41) is 9.11. The van der Waals surface area contributed by atoms with Crippen molar-refractivity contribution >= 4 is 10.9 Å². The molecule has 0 atom stereocenters. The molecule has 0 amide bonds. The summed E-state index contributed by atoms with van der Waals surface area (Å²) in [4.78, 5) is 14.1. The van der Waals surface area contributed by atoms with Gasteiger partial charge in [0.15, 0.2) is 5.82 Å². The zero-order valence-electron chi connectivity index (χ0n) is 14.6. The summed E-state index contributed by atoms with van der Waals surface area (Å²) >= 11 is 0. The lowest BCUT2D eigenvalue weighted by Crippen LogP contribution is -2.17. The van der Waals surface area contributed by atoms with Crippen molar-refractivity contribution in [1.29, 1.82) is 0 Å². The first-order valence-corrected chi connectivity index (χ1v) is 8.84. The van der Waals surface area contributed by atoms with Gasteiger partial charge in [-0.1, -0.05) is 18.2 Å². The molecular formula is C19H19N7. The van der Waals surface area contributed by atoms with Gasteiger partial charge in [0.2, 0.25) is 0 Å². The standard InChI is InChI=1S/C19H19N7/c1-13-22-19(15-12-25-11-10-20-9-7-17(25)23-15)26(24-13)16-6-2-4-14-5-3-8-21-18(14)16/h2-6,8,12,20H,7,9-11H2,1H3. The van der Waals surface area contributed by atoms with Gasteiger partial charge in [-0.2, -0.15) is 5.10 Å². The van der Waals surface area contributed by atoms with Crippen LogP contribution in [0.25, 0.3) is 28.1 Å². The molecule has 4 aromatic rings. The van der Waals surface area contributed by atoms with E-state index in [4.69, 9.17) is 4.98 Å². The van der Waals surface area contributed by atoms with E-state index in [0.717, 1.165) is 65.8 Å². The first kappa shape index (κ1) is 15.2. The number of nitrogens with one attached hydrogen (secondary N) is 1. The summed E-state index contributed by atoms with van der Waals surface area (Å²) in [6.45, 7) is 4.74. The number of para-hydroxylation sites is 1. The van der Waals surface area contributed by atoms with Crippen LogP contribution in [0.5, 0.6) is 0 Å². The summed E-state index contributed by atoms with van der Waals surface area (Å²) in [5.41, 5.74) is 2.69. The Morgan fingerprint density at radius 3 is 2.96 bits per heavy atom. The second-order valence-corrected chi connectivity index (χ2v) is 6.48. The highest BCUT2D eigenvalue weighted by Gasteiger charge is 2.19.